The van der Waals surface area contributed by atoms with Crippen molar-refractivity contribution in [2.45, 2.75) is 172 Å². The van der Waals surface area contributed by atoms with Gasteiger partial charge in [-0.25, -0.2) is 19.4 Å². The maximum atomic E-state index is 14.1. The van der Waals surface area contributed by atoms with Crippen LogP contribution in [0.1, 0.15) is 155 Å². The van der Waals surface area contributed by atoms with Gasteiger partial charge >= 0.3 is 24.5 Å². The van der Waals surface area contributed by atoms with Crippen LogP contribution < -0.4 is 39.4 Å². The molecule has 28 nitrogen and oxygen atoms in total. The largest absolute Gasteiger partial charge is 0.493 e. The SMILES string of the molecule is C=CCOC(=O)N1c2cc(OCCCCCC(=O)Nc3cc(C)n(C)c3)c(OC)cc2C(=O)N2CCCC[C@H]2C1OC1CCCCO1.C=CCOC(=O)N1c2cc(OCCCCCC(=O)Nc3ccn(C)c3)c(OC)cc2C(=O)N2CCCC[C@H]2C1OC1CCCCO1.O=C=O.O=C=O. The highest BCUT2D eigenvalue weighted by atomic mass is 16.7. The summed E-state index contributed by atoms with van der Waals surface area (Å²) < 4.78 is 63.7. The Hall–Kier alpha value is -9.30. The summed E-state index contributed by atoms with van der Waals surface area (Å²) in [5.74, 6) is 1.11. The van der Waals surface area contributed by atoms with Crippen molar-refractivity contribution >= 4 is 70.9 Å². The van der Waals surface area contributed by atoms with Gasteiger partial charge in [0.2, 0.25) is 11.8 Å². The van der Waals surface area contributed by atoms with E-state index in [0.717, 1.165) is 81.3 Å². The smallest absolute Gasteiger partial charge is 0.416 e. The number of unbranched alkanes of at least 4 members (excludes halogenated alkanes) is 4. The van der Waals surface area contributed by atoms with E-state index in [1.54, 1.807) is 24.3 Å². The third kappa shape index (κ3) is 21.6. The number of carbonyl (C=O) groups excluding carboxylic acids is 10. The lowest BCUT2D eigenvalue weighted by Crippen LogP contribution is -2.57. The van der Waals surface area contributed by atoms with E-state index in [2.05, 4.69) is 23.8 Å². The summed E-state index contributed by atoms with van der Waals surface area (Å²) in [6.45, 7) is 12.3. The van der Waals surface area contributed by atoms with Gasteiger partial charge in [-0.1, -0.05) is 25.3 Å². The number of benzene rings is 2. The molecule has 2 aromatic carbocycles. The first-order valence-corrected chi connectivity index (χ1v) is 33.9. The number of aromatic nitrogens is 2. The Morgan fingerprint density at radius 3 is 1.40 bits per heavy atom. The average molecular weight is 1380 g/mol. The first-order valence-electron chi connectivity index (χ1n) is 33.9. The van der Waals surface area contributed by atoms with Gasteiger partial charge in [-0.15, -0.1) is 0 Å². The third-order valence-corrected chi connectivity index (χ3v) is 17.5. The Kier molecular flexibility index (Phi) is 31.1. The molecule has 6 amide bonds. The lowest BCUT2D eigenvalue weighted by molar-refractivity contribution is -0.199. The number of amides is 6. The molecule has 538 valence electrons. The van der Waals surface area contributed by atoms with Crippen molar-refractivity contribution < 1.29 is 95.3 Å². The van der Waals surface area contributed by atoms with Crippen LogP contribution >= 0.6 is 0 Å². The minimum absolute atomic E-state index is 0.00215. The maximum absolute atomic E-state index is 14.1. The standard InChI is InChI=1S/C35H48N4O8.C34H46N4O8.2CO2/c1-5-17-46-35(42)39-28-22-30(44-18-11-6-7-14-31(40)36-25-20-24(2)37(3)23-25)29(43-4)21-26(28)33(41)38-16-10-8-13-27(38)34(39)47-32-15-9-12-19-45-32;1-4-18-45-34(41)38-27-22-29(43-19-10-5-6-13-30(39)35-24-15-17-36(2)23-24)28(42-3)21-25(27)32(40)37-16-9-7-12-26(37)33(38)46-31-14-8-11-20-44-31;2*2-1-3/h5,20-23,27,32,34H,1,6-19H2,2-4H3,(H,36,40);4,15,17,21-23,26,31,33H,1,5-14,16,18-20H2,2-3H3,(H,35,39);;/t27-,32?,34?;26-,31?,33?;;/m00../s1. The molecule has 4 saturated heterocycles. The van der Waals surface area contributed by atoms with Gasteiger partial charge in [0.15, 0.2) is 48.0 Å². The number of rotatable bonds is 26. The molecule has 6 aliphatic rings. The van der Waals surface area contributed by atoms with Crippen LogP contribution in [-0.2, 0) is 71.3 Å². The summed E-state index contributed by atoms with van der Waals surface area (Å²) in [4.78, 5) is 119. The van der Waals surface area contributed by atoms with Gasteiger partial charge in [-0.2, -0.15) is 19.2 Å². The molecule has 4 fully saturated rings. The summed E-state index contributed by atoms with van der Waals surface area (Å²) >= 11 is 0. The molecule has 2 aromatic heterocycles. The van der Waals surface area contributed by atoms with Gasteiger partial charge in [-0.05, 0) is 147 Å². The highest BCUT2D eigenvalue weighted by molar-refractivity contribution is 6.07. The number of aryl methyl sites for hydroxylation is 3. The predicted molar refractivity (Wildman–Crippen MR) is 359 cm³/mol. The van der Waals surface area contributed by atoms with Crippen molar-refractivity contribution in [3.05, 3.63) is 97.1 Å². The van der Waals surface area contributed by atoms with E-state index in [1.165, 1.54) is 36.2 Å². The van der Waals surface area contributed by atoms with Crippen molar-refractivity contribution in [3.8, 4) is 23.0 Å². The van der Waals surface area contributed by atoms with E-state index in [9.17, 15) is 28.8 Å². The summed E-state index contributed by atoms with van der Waals surface area (Å²) in [6, 6.07) is 9.65. The summed E-state index contributed by atoms with van der Waals surface area (Å²) in [5, 5.41) is 5.84. The van der Waals surface area contributed by atoms with E-state index in [4.69, 9.17) is 66.5 Å². The molecular formula is C71H94N8O20. The van der Waals surface area contributed by atoms with Gasteiger partial charge < -0.3 is 76.9 Å². The zero-order valence-electron chi connectivity index (χ0n) is 57.4. The molecule has 28 heteroatoms. The second kappa shape index (κ2) is 39.9. The number of anilines is 4. The van der Waals surface area contributed by atoms with Crippen LogP contribution in [-0.4, -0.2) is 171 Å². The van der Waals surface area contributed by atoms with Crippen LogP contribution in [0.15, 0.2) is 80.3 Å². The number of hydrogen-bond acceptors (Lipinski definition) is 20. The van der Waals surface area contributed by atoms with Crippen LogP contribution in [0.3, 0.4) is 0 Å². The first-order chi connectivity index (χ1) is 48.0. The van der Waals surface area contributed by atoms with Crippen LogP contribution in [0.5, 0.6) is 23.0 Å². The number of carbonyl (C=O) groups is 6. The molecule has 99 heavy (non-hydrogen) atoms. The number of nitrogens with zero attached hydrogens (tertiary/aromatic N) is 6. The van der Waals surface area contributed by atoms with Crippen LogP contribution in [0.4, 0.5) is 32.3 Å². The second-order valence-electron chi connectivity index (χ2n) is 24.4. The molecule has 6 aliphatic heterocycles. The fraction of sp³-hybridized carbons (Fsp3) is 0.549. The van der Waals surface area contributed by atoms with Crippen molar-refractivity contribution in [1.29, 1.82) is 0 Å². The molecule has 4 unspecified atom stereocenters. The van der Waals surface area contributed by atoms with E-state index in [0.29, 0.717) is 149 Å². The Labute approximate surface area is 577 Å². The van der Waals surface area contributed by atoms with Gasteiger partial charge in [0, 0.05) is 89.7 Å². The van der Waals surface area contributed by atoms with Crippen LogP contribution in [0, 0.1) is 6.92 Å². The number of hydrogen-bond donors (Lipinski definition) is 2. The number of ether oxygens (including phenoxy) is 10. The first kappa shape index (κ1) is 77.1. The predicted octanol–water partition coefficient (Wildman–Crippen LogP) is 10.4. The zero-order chi connectivity index (χ0) is 71.2. The summed E-state index contributed by atoms with van der Waals surface area (Å²) in [7, 11) is 6.89. The highest BCUT2D eigenvalue weighted by Gasteiger charge is 2.49. The number of piperidine rings is 2. The van der Waals surface area contributed by atoms with Crippen LogP contribution in [0.2, 0.25) is 0 Å². The molecule has 2 N–H and O–H groups in total. The quantitative estimate of drug-likeness (QED) is 0.0436. The molecule has 4 aromatic rings. The monoisotopic (exact) mass is 1380 g/mol. The summed E-state index contributed by atoms with van der Waals surface area (Å²) in [6.07, 6.45) is 20.4. The molecular weight excluding hydrogens is 1280 g/mol. The van der Waals surface area contributed by atoms with Gasteiger partial charge in [0.25, 0.3) is 11.8 Å². The molecule has 0 radical (unpaired) electrons. The molecule has 0 bridgehead atoms. The highest BCUT2D eigenvalue weighted by Crippen LogP contribution is 2.45. The van der Waals surface area contributed by atoms with Gasteiger partial charge in [0.1, 0.15) is 13.2 Å². The number of fused-ring (bicyclic) bond motifs is 4. The maximum Gasteiger partial charge on any atom is 0.416 e. The number of methoxy groups -OCH3 is 2. The lowest BCUT2D eigenvalue weighted by Gasteiger charge is -2.42. The zero-order valence-corrected chi connectivity index (χ0v) is 57.4. The lowest BCUT2D eigenvalue weighted by atomic mass is 10.00. The summed E-state index contributed by atoms with van der Waals surface area (Å²) in [5.41, 5.74) is 3.94. The normalized spacial score (nSPS) is 19.9. The van der Waals surface area contributed by atoms with E-state index < -0.39 is 37.2 Å². The molecule has 8 heterocycles. The van der Waals surface area contributed by atoms with E-state index in [1.807, 2.05) is 70.7 Å². The fourth-order valence-electron chi connectivity index (χ4n) is 12.6. The van der Waals surface area contributed by atoms with Crippen LogP contribution in [0.25, 0.3) is 0 Å². The molecule has 6 atom stereocenters. The molecule has 10 rings (SSSR count). The van der Waals surface area contributed by atoms with Crippen molar-refractivity contribution in [3.63, 3.8) is 0 Å². The van der Waals surface area contributed by atoms with Crippen molar-refractivity contribution in [2.24, 2.45) is 14.1 Å². The Balaban J connectivity index is 0.000000258. The topological polar surface area (TPSA) is 310 Å². The number of nitrogens with one attached hydrogen (secondary N) is 2. The second-order valence-corrected chi connectivity index (χ2v) is 24.4. The van der Waals surface area contributed by atoms with Gasteiger partial charge in [0.05, 0.1) is 73.4 Å². The average Bonchev–Trinajstić information content (AvgIpc) is 1.64. The third-order valence-electron chi connectivity index (χ3n) is 17.5. The van der Waals surface area contributed by atoms with E-state index >= 15 is 0 Å². The Bertz CT molecular complexity index is 3390. The molecule has 0 aliphatic carbocycles. The van der Waals surface area contributed by atoms with Crippen molar-refractivity contribution in [2.75, 3.05) is 87.4 Å². The Morgan fingerprint density at radius 1 is 0.576 bits per heavy atom. The minimum Gasteiger partial charge on any atom is -0.493 e. The van der Waals surface area contributed by atoms with E-state index in [-0.39, 0.29) is 61.2 Å². The molecule has 0 spiro atoms. The Morgan fingerprint density at radius 2 is 1.02 bits per heavy atom. The van der Waals surface area contributed by atoms with Crippen molar-refractivity contribution in [1.82, 2.24) is 18.9 Å². The minimum atomic E-state index is -0.826. The van der Waals surface area contributed by atoms with Gasteiger partial charge in [-0.3, -0.25) is 19.2 Å². The fourth-order valence-corrected chi connectivity index (χ4v) is 12.6. The molecule has 0 saturated carbocycles.